The van der Waals surface area contributed by atoms with Crippen molar-refractivity contribution in [3.8, 4) is 5.75 Å². The first-order valence-electron chi connectivity index (χ1n) is 5.87. The van der Waals surface area contributed by atoms with Crippen LogP contribution in [0.2, 0.25) is 0 Å². The smallest absolute Gasteiger partial charge is 0.262 e. The number of benzene rings is 1. The predicted octanol–water partition coefficient (Wildman–Crippen LogP) is 3.98. The summed E-state index contributed by atoms with van der Waals surface area (Å²) in [5.74, 6) is 1.19. The highest BCUT2D eigenvalue weighted by molar-refractivity contribution is 6.64. The average Bonchev–Trinajstić information content (AvgIpc) is 2.25. The zero-order chi connectivity index (χ0) is 13.0. The molecule has 1 aromatic carbocycles. The Balaban J connectivity index is 2.86. The molecule has 0 amide bonds. The number of rotatable bonds is 5. The maximum atomic E-state index is 11.2. The molecule has 0 aliphatic rings. The van der Waals surface area contributed by atoms with Crippen LogP contribution in [0.25, 0.3) is 0 Å². The summed E-state index contributed by atoms with van der Waals surface area (Å²) in [6, 6.07) is 7.78. The molecule has 0 N–H and O–H groups in total. The maximum absolute atomic E-state index is 11.2. The van der Waals surface area contributed by atoms with Crippen molar-refractivity contribution in [3.05, 3.63) is 29.8 Å². The number of halogens is 1. The van der Waals surface area contributed by atoms with E-state index in [0.717, 1.165) is 0 Å². The fourth-order valence-electron chi connectivity index (χ4n) is 1.54. The summed E-state index contributed by atoms with van der Waals surface area (Å²) in [4.78, 5) is 11.2. The average molecular weight is 255 g/mol. The Morgan fingerprint density at radius 1 is 1.24 bits per heavy atom. The third-order valence-electron chi connectivity index (χ3n) is 2.62. The second-order valence-corrected chi connectivity index (χ2v) is 5.19. The molecule has 0 saturated carbocycles. The SMILES string of the molecule is CC(C)c1cccc(OC(C(=O)Cl)C(C)C)c1. The van der Waals surface area contributed by atoms with Crippen molar-refractivity contribution in [1.29, 1.82) is 0 Å². The third kappa shape index (κ3) is 4.04. The van der Waals surface area contributed by atoms with Crippen LogP contribution in [-0.2, 0) is 4.79 Å². The zero-order valence-electron chi connectivity index (χ0n) is 10.7. The van der Waals surface area contributed by atoms with E-state index in [-0.39, 0.29) is 5.92 Å². The topological polar surface area (TPSA) is 26.3 Å². The number of ether oxygens (including phenoxy) is 1. The summed E-state index contributed by atoms with van der Waals surface area (Å²) in [7, 11) is 0. The Labute approximate surface area is 108 Å². The second-order valence-electron chi connectivity index (χ2n) is 4.81. The van der Waals surface area contributed by atoms with Crippen LogP contribution < -0.4 is 4.74 Å². The summed E-state index contributed by atoms with van der Waals surface area (Å²) >= 11 is 5.53. The highest BCUT2D eigenvalue weighted by Crippen LogP contribution is 2.23. The van der Waals surface area contributed by atoms with Gasteiger partial charge in [0.05, 0.1) is 0 Å². The lowest BCUT2D eigenvalue weighted by Gasteiger charge is -2.19. The summed E-state index contributed by atoms with van der Waals surface area (Å²) in [5.41, 5.74) is 1.19. The van der Waals surface area contributed by atoms with Crippen LogP contribution in [-0.4, -0.2) is 11.3 Å². The summed E-state index contributed by atoms with van der Waals surface area (Å²) in [5, 5.41) is -0.449. The lowest BCUT2D eigenvalue weighted by molar-refractivity contribution is -0.119. The molecule has 0 heterocycles. The molecule has 2 nitrogen and oxygen atoms in total. The van der Waals surface area contributed by atoms with Crippen LogP contribution in [0.5, 0.6) is 5.75 Å². The Morgan fingerprint density at radius 2 is 1.88 bits per heavy atom. The van der Waals surface area contributed by atoms with Crippen molar-refractivity contribution in [2.24, 2.45) is 5.92 Å². The molecular formula is C14H19ClO2. The minimum absolute atomic E-state index is 0.0581. The molecule has 0 aliphatic heterocycles. The summed E-state index contributed by atoms with van der Waals surface area (Å²) in [6.07, 6.45) is -0.584. The van der Waals surface area contributed by atoms with Gasteiger partial charge >= 0.3 is 0 Å². The Bertz CT molecular complexity index is 386. The van der Waals surface area contributed by atoms with E-state index in [1.807, 2.05) is 38.1 Å². The van der Waals surface area contributed by atoms with E-state index in [2.05, 4.69) is 13.8 Å². The van der Waals surface area contributed by atoms with Crippen molar-refractivity contribution in [2.75, 3.05) is 0 Å². The number of hydrogen-bond donors (Lipinski definition) is 0. The van der Waals surface area contributed by atoms with Gasteiger partial charge in [0.2, 0.25) is 0 Å². The largest absolute Gasteiger partial charge is 0.481 e. The van der Waals surface area contributed by atoms with Gasteiger partial charge in [0.25, 0.3) is 5.24 Å². The Kier molecular flexibility index (Phi) is 5.01. The molecule has 17 heavy (non-hydrogen) atoms. The molecule has 1 unspecified atom stereocenters. The summed E-state index contributed by atoms with van der Waals surface area (Å²) < 4.78 is 5.65. The molecule has 0 aliphatic carbocycles. The van der Waals surface area contributed by atoms with Crippen LogP contribution >= 0.6 is 11.6 Å². The van der Waals surface area contributed by atoms with Crippen molar-refractivity contribution in [3.63, 3.8) is 0 Å². The molecular weight excluding hydrogens is 236 g/mol. The van der Waals surface area contributed by atoms with Crippen LogP contribution in [0.1, 0.15) is 39.2 Å². The Hall–Kier alpha value is -1.02. The first-order chi connectivity index (χ1) is 7.91. The fourth-order valence-corrected chi connectivity index (χ4v) is 1.83. The minimum Gasteiger partial charge on any atom is -0.481 e. The van der Waals surface area contributed by atoms with Gasteiger partial charge in [-0.3, -0.25) is 4.79 Å². The normalized spacial score (nSPS) is 12.9. The standard InChI is InChI=1S/C14H19ClO2/c1-9(2)11-6-5-7-12(8-11)17-13(10(3)4)14(15)16/h5-10,13H,1-4H3. The highest BCUT2D eigenvalue weighted by Gasteiger charge is 2.22. The van der Waals surface area contributed by atoms with E-state index < -0.39 is 11.3 Å². The lowest BCUT2D eigenvalue weighted by Crippen LogP contribution is -2.29. The minimum atomic E-state index is -0.584. The van der Waals surface area contributed by atoms with Gasteiger partial charge in [0.15, 0.2) is 6.10 Å². The third-order valence-corrected chi connectivity index (χ3v) is 2.83. The van der Waals surface area contributed by atoms with Gasteiger partial charge in [-0.25, -0.2) is 0 Å². The zero-order valence-corrected chi connectivity index (χ0v) is 11.5. The van der Waals surface area contributed by atoms with Crippen LogP contribution in [0.4, 0.5) is 0 Å². The number of hydrogen-bond acceptors (Lipinski definition) is 2. The van der Waals surface area contributed by atoms with E-state index in [4.69, 9.17) is 16.3 Å². The van der Waals surface area contributed by atoms with Gasteiger partial charge in [-0.1, -0.05) is 39.8 Å². The molecule has 3 heteroatoms. The van der Waals surface area contributed by atoms with Gasteiger partial charge in [0.1, 0.15) is 5.75 Å². The number of carbonyl (C=O) groups is 1. The van der Waals surface area contributed by atoms with Crippen molar-refractivity contribution >= 4 is 16.8 Å². The van der Waals surface area contributed by atoms with Gasteiger partial charge in [0, 0.05) is 0 Å². The lowest BCUT2D eigenvalue weighted by atomic mass is 10.0. The first-order valence-corrected chi connectivity index (χ1v) is 6.25. The molecule has 0 saturated heterocycles. The van der Waals surface area contributed by atoms with Crippen molar-refractivity contribution in [1.82, 2.24) is 0 Å². The highest BCUT2D eigenvalue weighted by atomic mass is 35.5. The fraction of sp³-hybridized carbons (Fsp3) is 0.500. The molecule has 0 fully saturated rings. The van der Waals surface area contributed by atoms with Gasteiger partial charge in [-0.15, -0.1) is 0 Å². The predicted molar refractivity (Wildman–Crippen MR) is 70.6 cm³/mol. The molecule has 94 valence electrons. The van der Waals surface area contributed by atoms with Crippen molar-refractivity contribution in [2.45, 2.75) is 39.7 Å². The Morgan fingerprint density at radius 3 is 2.35 bits per heavy atom. The van der Waals surface area contributed by atoms with E-state index in [0.29, 0.717) is 11.7 Å². The molecule has 1 atom stereocenters. The van der Waals surface area contributed by atoms with Crippen LogP contribution in [0, 0.1) is 5.92 Å². The van der Waals surface area contributed by atoms with Crippen molar-refractivity contribution < 1.29 is 9.53 Å². The molecule has 0 spiro atoms. The van der Waals surface area contributed by atoms with E-state index in [1.165, 1.54) is 5.56 Å². The maximum Gasteiger partial charge on any atom is 0.262 e. The van der Waals surface area contributed by atoms with Gasteiger partial charge in [-0.2, -0.15) is 0 Å². The van der Waals surface area contributed by atoms with Crippen LogP contribution in [0.15, 0.2) is 24.3 Å². The monoisotopic (exact) mass is 254 g/mol. The molecule has 0 radical (unpaired) electrons. The van der Waals surface area contributed by atoms with Crippen LogP contribution in [0.3, 0.4) is 0 Å². The number of carbonyl (C=O) groups excluding carboxylic acids is 1. The van der Waals surface area contributed by atoms with E-state index in [9.17, 15) is 4.79 Å². The van der Waals surface area contributed by atoms with E-state index in [1.54, 1.807) is 0 Å². The molecule has 1 rings (SSSR count). The van der Waals surface area contributed by atoms with Gasteiger partial charge < -0.3 is 4.74 Å². The quantitative estimate of drug-likeness (QED) is 0.743. The first kappa shape index (κ1) is 14.0. The van der Waals surface area contributed by atoms with Gasteiger partial charge in [-0.05, 0) is 41.1 Å². The summed E-state index contributed by atoms with van der Waals surface area (Å²) in [6.45, 7) is 8.06. The molecule has 0 bridgehead atoms. The molecule has 1 aromatic rings. The molecule has 0 aromatic heterocycles. The second kappa shape index (κ2) is 6.06. The van der Waals surface area contributed by atoms with E-state index >= 15 is 0 Å².